The molecule has 0 aliphatic heterocycles. The van der Waals surface area contributed by atoms with Crippen LogP contribution >= 0.6 is 0 Å². The third kappa shape index (κ3) is 1.89. The van der Waals surface area contributed by atoms with Crippen molar-refractivity contribution in [3.63, 3.8) is 0 Å². The Morgan fingerprint density at radius 2 is 1.84 bits per heavy atom. The van der Waals surface area contributed by atoms with Gasteiger partial charge >= 0.3 is 0 Å². The molecule has 19 heavy (non-hydrogen) atoms. The SMILES string of the molecule is CC1Cc2cccc(-c3ccc(C=O)cc3)c2C1=O. The summed E-state index contributed by atoms with van der Waals surface area (Å²) in [5, 5.41) is 0. The van der Waals surface area contributed by atoms with Crippen LogP contribution in [0.3, 0.4) is 0 Å². The lowest BCUT2D eigenvalue weighted by molar-refractivity contribution is 0.0946. The molecule has 0 amide bonds. The average Bonchev–Trinajstić information content (AvgIpc) is 2.74. The lowest BCUT2D eigenvalue weighted by atomic mass is 9.95. The standard InChI is InChI=1S/C17H14O2/c1-11-9-14-3-2-4-15(16(14)17(11)19)13-7-5-12(10-18)6-8-13/h2-8,10-11H,9H2,1H3. The minimum Gasteiger partial charge on any atom is -0.298 e. The van der Waals surface area contributed by atoms with Gasteiger partial charge in [0.25, 0.3) is 0 Å². The van der Waals surface area contributed by atoms with E-state index in [1.807, 2.05) is 37.3 Å². The van der Waals surface area contributed by atoms with Gasteiger partial charge in [-0.3, -0.25) is 9.59 Å². The van der Waals surface area contributed by atoms with Gasteiger partial charge in [-0.2, -0.15) is 0 Å². The lowest BCUT2D eigenvalue weighted by Gasteiger charge is -2.08. The second-order valence-electron chi connectivity index (χ2n) is 5.05. The zero-order valence-corrected chi connectivity index (χ0v) is 10.7. The van der Waals surface area contributed by atoms with E-state index < -0.39 is 0 Å². The van der Waals surface area contributed by atoms with E-state index in [0.29, 0.717) is 5.56 Å². The van der Waals surface area contributed by atoms with E-state index in [0.717, 1.165) is 35.0 Å². The van der Waals surface area contributed by atoms with Crippen LogP contribution in [0.25, 0.3) is 11.1 Å². The van der Waals surface area contributed by atoms with Gasteiger partial charge in [-0.15, -0.1) is 0 Å². The maximum Gasteiger partial charge on any atom is 0.166 e. The second-order valence-corrected chi connectivity index (χ2v) is 5.05. The zero-order chi connectivity index (χ0) is 13.4. The fourth-order valence-corrected chi connectivity index (χ4v) is 2.71. The van der Waals surface area contributed by atoms with E-state index in [4.69, 9.17) is 0 Å². The largest absolute Gasteiger partial charge is 0.298 e. The lowest BCUT2D eigenvalue weighted by Crippen LogP contribution is -2.04. The van der Waals surface area contributed by atoms with Crippen molar-refractivity contribution in [3.8, 4) is 11.1 Å². The molecule has 0 N–H and O–H groups in total. The van der Waals surface area contributed by atoms with Crippen molar-refractivity contribution < 1.29 is 9.59 Å². The van der Waals surface area contributed by atoms with E-state index in [1.54, 1.807) is 12.1 Å². The molecular weight excluding hydrogens is 236 g/mol. The van der Waals surface area contributed by atoms with Crippen molar-refractivity contribution in [2.24, 2.45) is 5.92 Å². The highest BCUT2D eigenvalue weighted by Crippen LogP contribution is 2.34. The highest BCUT2D eigenvalue weighted by Gasteiger charge is 2.29. The number of hydrogen-bond donors (Lipinski definition) is 0. The molecule has 2 aromatic carbocycles. The maximum absolute atomic E-state index is 12.3. The van der Waals surface area contributed by atoms with Crippen LogP contribution < -0.4 is 0 Å². The first-order chi connectivity index (χ1) is 9.20. The van der Waals surface area contributed by atoms with Crippen LogP contribution in [0.4, 0.5) is 0 Å². The number of rotatable bonds is 2. The molecule has 2 nitrogen and oxygen atoms in total. The Bertz CT molecular complexity index is 653. The molecule has 94 valence electrons. The first-order valence-electron chi connectivity index (χ1n) is 6.42. The summed E-state index contributed by atoms with van der Waals surface area (Å²) in [6, 6.07) is 13.4. The molecule has 1 atom stereocenters. The molecule has 0 spiro atoms. The van der Waals surface area contributed by atoms with Gasteiger partial charge in [0.05, 0.1) is 0 Å². The highest BCUT2D eigenvalue weighted by atomic mass is 16.1. The molecule has 2 heteroatoms. The first-order valence-corrected chi connectivity index (χ1v) is 6.42. The maximum atomic E-state index is 12.3. The number of carbonyl (C=O) groups excluding carboxylic acids is 2. The van der Waals surface area contributed by atoms with E-state index >= 15 is 0 Å². The van der Waals surface area contributed by atoms with Crippen LogP contribution in [0.1, 0.15) is 33.2 Å². The van der Waals surface area contributed by atoms with Gasteiger partial charge in [-0.05, 0) is 23.1 Å². The number of fused-ring (bicyclic) bond motifs is 1. The Labute approximate surface area is 112 Å². The summed E-state index contributed by atoms with van der Waals surface area (Å²) in [5.74, 6) is 0.301. The number of ketones is 1. The predicted octanol–water partition coefficient (Wildman–Crippen LogP) is 3.54. The fourth-order valence-electron chi connectivity index (χ4n) is 2.71. The highest BCUT2D eigenvalue weighted by molar-refractivity contribution is 6.07. The predicted molar refractivity (Wildman–Crippen MR) is 74.5 cm³/mol. The molecule has 2 aromatic rings. The number of carbonyl (C=O) groups is 2. The Morgan fingerprint density at radius 1 is 1.11 bits per heavy atom. The Morgan fingerprint density at radius 3 is 2.53 bits per heavy atom. The third-order valence-electron chi connectivity index (χ3n) is 3.73. The number of benzene rings is 2. The minimum atomic E-state index is 0.0744. The van der Waals surface area contributed by atoms with E-state index in [-0.39, 0.29) is 11.7 Å². The summed E-state index contributed by atoms with van der Waals surface area (Å²) in [4.78, 5) is 22.9. The van der Waals surface area contributed by atoms with Crippen molar-refractivity contribution in [1.29, 1.82) is 0 Å². The van der Waals surface area contributed by atoms with Crippen molar-refractivity contribution >= 4 is 12.1 Å². The summed E-state index contributed by atoms with van der Waals surface area (Å²) in [6.07, 6.45) is 1.65. The fraction of sp³-hybridized carbons (Fsp3) is 0.176. The monoisotopic (exact) mass is 250 g/mol. The van der Waals surface area contributed by atoms with E-state index in [2.05, 4.69) is 0 Å². The number of hydrogen-bond acceptors (Lipinski definition) is 2. The van der Waals surface area contributed by atoms with E-state index in [1.165, 1.54) is 0 Å². The molecule has 0 fully saturated rings. The molecule has 3 rings (SSSR count). The van der Waals surface area contributed by atoms with Crippen LogP contribution in [0.15, 0.2) is 42.5 Å². The van der Waals surface area contributed by atoms with Crippen LogP contribution in [-0.2, 0) is 6.42 Å². The van der Waals surface area contributed by atoms with Gasteiger partial charge in [-0.1, -0.05) is 49.4 Å². The van der Waals surface area contributed by atoms with Crippen LogP contribution in [-0.4, -0.2) is 12.1 Å². The minimum absolute atomic E-state index is 0.0744. The normalized spacial score (nSPS) is 17.3. The Balaban J connectivity index is 2.14. The van der Waals surface area contributed by atoms with E-state index in [9.17, 15) is 9.59 Å². The topological polar surface area (TPSA) is 34.1 Å². The zero-order valence-electron chi connectivity index (χ0n) is 10.7. The van der Waals surface area contributed by atoms with Gasteiger partial charge in [0, 0.05) is 17.0 Å². The third-order valence-corrected chi connectivity index (χ3v) is 3.73. The first kappa shape index (κ1) is 11.8. The molecule has 1 aliphatic carbocycles. The average molecular weight is 250 g/mol. The molecular formula is C17H14O2. The van der Waals surface area contributed by atoms with Crippen molar-refractivity contribution in [2.45, 2.75) is 13.3 Å². The Kier molecular flexibility index (Phi) is 2.79. The number of aldehydes is 1. The molecule has 0 saturated heterocycles. The smallest absolute Gasteiger partial charge is 0.166 e. The van der Waals surface area contributed by atoms with Crippen molar-refractivity contribution in [3.05, 3.63) is 59.2 Å². The number of Topliss-reactive ketones (excluding diaryl/α,β-unsaturated/α-hetero) is 1. The Hall–Kier alpha value is -2.22. The van der Waals surface area contributed by atoms with Gasteiger partial charge in [-0.25, -0.2) is 0 Å². The second kappa shape index (κ2) is 4.47. The van der Waals surface area contributed by atoms with Crippen LogP contribution in [0, 0.1) is 5.92 Å². The summed E-state index contributed by atoms with van der Waals surface area (Å²) < 4.78 is 0. The van der Waals surface area contributed by atoms with Crippen molar-refractivity contribution in [2.75, 3.05) is 0 Å². The van der Waals surface area contributed by atoms with Gasteiger partial charge in [0.1, 0.15) is 6.29 Å². The van der Waals surface area contributed by atoms with Gasteiger partial charge < -0.3 is 0 Å². The van der Waals surface area contributed by atoms with Crippen molar-refractivity contribution in [1.82, 2.24) is 0 Å². The molecule has 0 saturated carbocycles. The molecule has 1 unspecified atom stereocenters. The van der Waals surface area contributed by atoms with Crippen LogP contribution in [0.5, 0.6) is 0 Å². The quantitative estimate of drug-likeness (QED) is 0.764. The molecule has 0 heterocycles. The summed E-state index contributed by atoms with van der Waals surface area (Å²) in [5.41, 5.74) is 4.61. The van der Waals surface area contributed by atoms with Gasteiger partial charge in [0.15, 0.2) is 5.78 Å². The molecule has 0 aromatic heterocycles. The summed E-state index contributed by atoms with van der Waals surface area (Å²) in [6.45, 7) is 1.97. The molecule has 0 bridgehead atoms. The molecule has 1 aliphatic rings. The van der Waals surface area contributed by atoms with Gasteiger partial charge in [0.2, 0.25) is 0 Å². The summed E-state index contributed by atoms with van der Waals surface area (Å²) >= 11 is 0. The van der Waals surface area contributed by atoms with Crippen LogP contribution in [0.2, 0.25) is 0 Å². The molecule has 0 radical (unpaired) electrons. The summed E-state index contributed by atoms with van der Waals surface area (Å²) in [7, 11) is 0.